The van der Waals surface area contributed by atoms with Crippen LogP contribution in [0.1, 0.15) is 24.6 Å². The summed E-state index contributed by atoms with van der Waals surface area (Å²) in [6.07, 6.45) is -1.95. The Kier molecular flexibility index (Phi) is 5.67. The molecule has 0 aliphatic carbocycles. The van der Waals surface area contributed by atoms with E-state index >= 15 is 0 Å². The monoisotopic (exact) mass is 395 g/mol. The molecule has 1 aromatic heterocycles. The van der Waals surface area contributed by atoms with Gasteiger partial charge in [-0.1, -0.05) is 0 Å². The Balaban J connectivity index is 2.22. The van der Waals surface area contributed by atoms with Crippen molar-refractivity contribution in [2.75, 3.05) is 14.2 Å². The van der Waals surface area contributed by atoms with Crippen molar-refractivity contribution < 1.29 is 37.0 Å². The summed E-state index contributed by atoms with van der Waals surface area (Å²) in [5, 5.41) is 8.68. The number of amides is 1. The second-order valence-electron chi connectivity index (χ2n) is 5.61. The predicted molar refractivity (Wildman–Crippen MR) is 87.3 cm³/mol. The second-order valence-corrected chi connectivity index (χ2v) is 6.69. The highest BCUT2D eigenvalue weighted by molar-refractivity contribution is 7.19. The molecule has 0 saturated heterocycles. The van der Waals surface area contributed by atoms with E-state index in [0.717, 1.165) is 11.3 Å². The number of fused-ring (bicyclic) bond motifs is 1. The van der Waals surface area contributed by atoms with Crippen molar-refractivity contribution in [1.82, 2.24) is 5.06 Å². The zero-order valence-corrected chi connectivity index (χ0v) is 15.0. The number of carbonyl (C=O) groups excluding carboxylic acids is 1. The van der Waals surface area contributed by atoms with Gasteiger partial charge in [0.15, 0.2) is 11.5 Å². The minimum Gasteiger partial charge on any atom is -0.493 e. The van der Waals surface area contributed by atoms with Crippen LogP contribution in [-0.4, -0.2) is 36.4 Å². The van der Waals surface area contributed by atoms with Gasteiger partial charge in [-0.2, -0.15) is 13.8 Å². The number of methoxy groups -OCH3 is 2. The molecule has 0 fully saturated rings. The van der Waals surface area contributed by atoms with Gasteiger partial charge in [-0.05, 0) is 17.5 Å². The molecule has 1 amide bonds. The Labute approximate surface area is 150 Å². The van der Waals surface area contributed by atoms with Crippen molar-refractivity contribution in [2.45, 2.75) is 31.7 Å². The number of ether oxygens (including phenoxy) is 2. The quantitative estimate of drug-likeness (QED) is 0.322. The van der Waals surface area contributed by atoms with E-state index in [0.29, 0.717) is 21.6 Å². The highest BCUT2D eigenvalue weighted by Gasteiger charge is 2.38. The molecule has 1 heterocycles. The van der Waals surface area contributed by atoms with Crippen molar-refractivity contribution >= 4 is 27.3 Å². The van der Waals surface area contributed by atoms with E-state index in [1.807, 2.05) is 0 Å². The number of benzene rings is 1. The van der Waals surface area contributed by atoms with E-state index in [2.05, 4.69) is 0 Å². The lowest BCUT2D eigenvalue weighted by molar-refractivity contribution is -0.265. The average Bonchev–Trinajstić information content (AvgIpc) is 3.00. The number of hydroxylamine groups is 2. The maximum atomic E-state index is 14.4. The number of alkyl halides is 4. The summed E-state index contributed by atoms with van der Waals surface area (Å²) in [7, 11) is 2.84. The molecule has 0 unspecified atom stereocenters. The minimum absolute atomic E-state index is 0.288. The second kappa shape index (κ2) is 7.28. The van der Waals surface area contributed by atoms with Crippen LogP contribution in [0.5, 0.6) is 11.5 Å². The fourth-order valence-electron chi connectivity index (χ4n) is 2.26. The van der Waals surface area contributed by atoms with Crippen molar-refractivity contribution in [2.24, 2.45) is 0 Å². The van der Waals surface area contributed by atoms with Crippen LogP contribution in [0.3, 0.4) is 0 Å². The maximum Gasteiger partial charge on any atom is 0.346 e. The van der Waals surface area contributed by atoms with Crippen LogP contribution in [-0.2, 0) is 10.7 Å². The molecule has 144 valence electrons. The van der Waals surface area contributed by atoms with Gasteiger partial charge < -0.3 is 9.47 Å². The summed E-state index contributed by atoms with van der Waals surface area (Å²) in [4.78, 5) is 11.1. The van der Waals surface area contributed by atoms with Crippen LogP contribution >= 0.6 is 11.3 Å². The van der Waals surface area contributed by atoms with Gasteiger partial charge in [0, 0.05) is 30.5 Å². The number of hydrogen-bond donors (Lipinski definition) is 1. The van der Waals surface area contributed by atoms with Gasteiger partial charge in [-0.25, -0.2) is 8.78 Å². The van der Waals surface area contributed by atoms with Crippen molar-refractivity contribution in [1.29, 1.82) is 0 Å². The summed E-state index contributed by atoms with van der Waals surface area (Å²) < 4.78 is 65.2. The maximum absolute atomic E-state index is 14.4. The third-order valence-electron chi connectivity index (χ3n) is 3.64. The van der Waals surface area contributed by atoms with Crippen LogP contribution in [0, 0.1) is 0 Å². The minimum atomic E-state index is -3.84. The molecule has 5 nitrogen and oxygen atoms in total. The first-order valence-electron chi connectivity index (χ1n) is 7.43. The van der Waals surface area contributed by atoms with E-state index in [-0.39, 0.29) is 11.8 Å². The topological polar surface area (TPSA) is 59.0 Å². The zero-order valence-electron chi connectivity index (χ0n) is 14.2. The predicted octanol–water partition coefficient (Wildman–Crippen LogP) is 4.62. The van der Waals surface area contributed by atoms with Crippen molar-refractivity contribution in [3.63, 3.8) is 0 Å². The molecule has 0 aliphatic rings. The lowest BCUT2D eigenvalue weighted by Crippen LogP contribution is -2.41. The van der Waals surface area contributed by atoms with Gasteiger partial charge in [0.05, 0.1) is 19.1 Å². The number of nitrogens with zero attached hydrogens (tertiary/aromatic N) is 1. The molecule has 1 aromatic carbocycles. The van der Waals surface area contributed by atoms with Crippen LogP contribution in [0.2, 0.25) is 0 Å². The average molecular weight is 395 g/mol. The first-order valence-corrected chi connectivity index (χ1v) is 8.25. The largest absolute Gasteiger partial charge is 0.493 e. The molecule has 0 atom stereocenters. The summed E-state index contributed by atoms with van der Waals surface area (Å²) in [5.41, 5.74) is 0. The molecule has 26 heavy (non-hydrogen) atoms. The first kappa shape index (κ1) is 20.2. The summed E-state index contributed by atoms with van der Waals surface area (Å²) in [6, 6.07) is 0.508. The molecule has 0 radical (unpaired) electrons. The molecule has 0 spiro atoms. The molecule has 0 saturated carbocycles. The van der Waals surface area contributed by atoms with Gasteiger partial charge in [0.2, 0.25) is 0 Å². The molecule has 0 aliphatic heterocycles. The van der Waals surface area contributed by atoms with E-state index in [4.69, 9.17) is 14.7 Å². The normalized spacial score (nSPS) is 12.3. The highest BCUT2D eigenvalue weighted by Crippen LogP contribution is 2.43. The molecule has 10 heteroatoms. The van der Waals surface area contributed by atoms with Gasteiger partial charge >= 0.3 is 6.05 Å². The Hall–Kier alpha value is -2.07. The van der Waals surface area contributed by atoms with E-state index < -0.39 is 35.8 Å². The van der Waals surface area contributed by atoms with Crippen LogP contribution in [0.4, 0.5) is 17.6 Å². The van der Waals surface area contributed by atoms with Gasteiger partial charge in [0.1, 0.15) is 0 Å². The Morgan fingerprint density at radius 1 is 1.15 bits per heavy atom. The Morgan fingerprint density at radius 2 is 1.73 bits per heavy atom. The number of carbonyl (C=O) groups is 1. The van der Waals surface area contributed by atoms with Gasteiger partial charge in [-0.3, -0.25) is 10.0 Å². The third kappa shape index (κ3) is 4.18. The Morgan fingerprint density at radius 3 is 2.27 bits per heavy atom. The number of hydrogen-bond acceptors (Lipinski definition) is 5. The smallest absolute Gasteiger partial charge is 0.346 e. The van der Waals surface area contributed by atoms with Crippen LogP contribution in [0.15, 0.2) is 18.2 Å². The summed E-state index contributed by atoms with van der Waals surface area (Å²) in [5.74, 6) is -4.15. The molecule has 2 aromatic rings. The summed E-state index contributed by atoms with van der Waals surface area (Å²) in [6.45, 7) is 0.288. The summed E-state index contributed by atoms with van der Waals surface area (Å²) >= 11 is 0.797. The van der Waals surface area contributed by atoms with Crippen molar-refractivity contribution in [3.05, 3.63) is 23.1 Å². The van der Waals surface area contributed by atoms with E-state index in [9.17, 15) is 22.4 Å². The third-order valence-corrected chi connectivity index (χ3v) is 4.85. The molecular formula is C16H17F4NO4S. The van der Waals surface area contributed by atoms with Crippen LogP contribution < -0.4 is 9.47 Å². The van der Waals surface area contributed by atoms with Gasteiger partial charge in [0.25, 0.3) is 11.8 Å². The number of halogens is 4. The SMILES string of the molecule is COc1cc2cc(C(F)(F)CCC(=O)N(O)C(C)(F)F)sc2cc1OC. The lowest BCUT2D eigenvalue weighted by Gasteiger charge is -2.22. The molecular weight excluding hydrogens is 378 g/mol. The fourth-order valence-corrected chi connectivity index (χ4v) is 3.33. The number of rotatable bonds is 7. The lowest BCUT2D eigenvalue weighted by atomic mass is 10.1. The van der Waals surface area contributed by atoms with E-state index in [1.54, 1.807) is 12.1 Å². The van der Waals surface area contributed by atoms with Crippen molar-refractivity contribution in [3.8, 4) is 11.5 Å². The van der Waals surface area contributed by atoms with Crippen LogP contribution in [0.25, 0.3) is 10.1 Å². The highest BCUT2D eigenvalue weighted by atomic mass is 32.1. The molecule has 1 N–H and O–H groups in total. The Bertz CT molecular complexity index is 762. The first-order chi connectivity index (χ1) is 12.0. The molecule has 0 bridgehead atoms. The van der Waals surface area contributed by atoms with Gasteiger partial charge in [-0.15, -0.1) is 11.3 Å². The standard InChI is InChI=1S/C16H17F4NO4S/c1-15(17,18)21(23)14(22)4-5-16(19,20)13-7-9-6-10(24-2)11(25-3)8-12(9)26-13/h6-8,23H,4-5H2,1-3H3. The number of thiophene rings is 1. The fraction of sp³-hybridized carbons (Fsp3) is 0.438. The molecule has 2 rings (SSSR count). The van der Waals surface area contributed by atoms with E-state index in [1.165, 1.54) is 20.3 Å². The zero-order chi connectivity index (χ0) is 19.7.